The molecule has 2 bridgehead atoms. The fourth-order valence-electron chi connectivity index (χ4n) is 6.05. The van der Waals surface area contributed by atoms with Gasteiger partial charge < -0.3 is 15.6 Å². The summed E-state index contributed by atoms with van der Waals surface area (Å²) in [6.45, 7) is 6.75. The Morgan fingerprint density at radius 2 is 2.00 bits per heavy atom. The first kappa shape index (κ1) is 19.4. The van der Waals surface area contributed by atoms with Crippen molar-refractivity contribution < 1.29 is 4.79 Å². The van der Waals surface area contributed by atoms with Gasteiger partial charge in [0.1, 0.15) is 11.3 Å². The Kier molecular flexibility index (Phi) is 4.00. The smallest absolute Gasteiger partial charge is 0.280 e. The molecule has 3 N–H and O–H groups in total. The van der Waals surface area contributed by atoms with Crippen molar-refractivity contribution in [3.8, 4) is 0 Å². The van der Waals surface area contributed by atoms with Crippen LogP contribution in [0.4, 0.5) is 5.69 Å². The van der Waals surface area contributed by atoms with Crippen molar-refractivity contribution >= 4 is 22.6 Å². The number of nitrogens with one attached hydrogen (secondary N) is 1. The molecule has 3 fully saturated rings. The summed E-state index contributed by atoms with van der Waals surface area (Å²) >= 11 is 0. The molecule has 3 aliphatic carbocycles. The summed E-state index contributed by atoms with van der Waals surface area (Å²) in [5.41, 5.74) is 9.63. The molecule has 30 heavy (non-hydrogen) atoms. The molecular formula is C24H31N5O. The zero-order valence-corrected chi connectivity index (χ0v) is 18.3. The molecule has 0 aromatic carbocycles. The van der Waals surface area contributed by atoms with Crippen molar-refractivity contribution in [1.29, 1.82) is 0 Å². The maximum Gasteiger partial charge on any atom is 0.280 e. The van der Waals surface area contributed by atoms with Crippen molar-refractivity contribution in [3.05, 3.63) is 48.0 Å². The van der Waals surface area contributed by atoms with Crippen LogP contribution >= 0.6 is 0 Å². The predicted molar refractivity (Wildman–Crippen MR) is 120 cm³/mol. The van der Waals surface area contributed by atoms with Gasteiger partial charge in [-0.15, -0.1) is 0 Å². The summed E-state index contributed by atoms with van der Waals surface area (Å²) in [4.78, 5) is 17.7. The molecule has 0 amide bonds. The number of aromatic nitrogens is 3. The summed E-state index contributed by atoms with van der Waals surface area (Å²) in [6, 6.07) is 5.84. The minimum absolute atomic E-state index is 0.0540. The second kappa shape index (κ2) is 6.20. The first-order valence-corrected chi connectivity index (χ1v) is 10.8. The normalized spacial score (nSPS) is 26.0. The van der Waals surface area contributed by atoms with Gasteiger partial charge in [-0.05, 0) is 70.2 Å². The number of fused-ring (bicyclic) bond motifs is 3. The maximum absolute atomic E-state index is 13.3. The van der Waals surface area contributed by atoms with Crippen molar-refractivity contribution in [3.63, 3.8) is 0 Å². The largest absolute Gasteiger partial charge is 0.397 e. The van der Waals surface area contributed by atoms with Gasteiger partial charge in [0.25, 0.3) is 5.91 Å². The Morgan fingerprint density at radius 1 is 1.23 bits per heavy atom. The molecule has 0 radical (unpaired) electrons. The average molecular weight is 406 g/mol. The lowest BCUT2D eigenvalue weighted by atomic mass is 9.47. The highest BCUT2D eigenvalue weighted by atomic mass is 16.2. The zero-order valence-electron chi connectivity index (χ0n) is 18.3. The van der Waals surface area contributed by atoms with E-state index in [0.717, 1.165) is 18.2 Å². The molecule has 6 rings (SSSR count). The monoisotopic (exact) mass is 405 g/mol. The lowest BCUT2D eigenvalue weighted by Gasteiger charge is -2.63. The third kappa shape index (κ3) is 2.97. The van der Waals surface area contributed by atoms with Crippen molar-refractivity contribution in [2.75, 3.05) is 5.73 Å². The van der Waals surface area contributed by atoms with Crippen LogP contribution in [-0.4, -0.2) is 31.1 Å². The van der Waals surface area contributed by atoms with Gasteiger partial charge in [0.05, 0.1) is 11.9 Å². The number of aryl methyl sites for hydroxylation is 1. The van der Waals surface area contributed by atoms with E-state index in [2.05, 4.69) is 43.3 Å². The fourth-order valence-corrected chi connectivity index (χ4v) is 6.05. The molecule has 6 heteroatoms. The maximum atomic E-state index is 13.3. The van der Waals surface area contributed by atoms with Crippen LogP contribution in [0.25, 0.3) is 11.0 Å². The van der Waals surface area contributed by atoms with Gasteiger partial charge in [0.2, 0.25) is 0 Å². The minimum Gasteiger partial charge on any atom is -0.397 e. The molecule has 3 heterocycles. The number of pyridine rings is 1. The molecule has 0 spiro atoms. The van der Waals surface area contributed by atoms with Gasteiger partial charge in [-0.25, -0.2) is 4.98 Å². The number of hydrogen-bond donors (Lipinski definition) is 2. The van der Waals surface area contributed by atoms with Gasteiger partial charge in [0, 0.05) is 41.3 Å². The number of carbonyl (C=O) groups excluding carboxylic acids is 1. The Bertz CT molecular complexity index is 1140. The van der Waals surface area contributed by atoms with Crippen LogP contribution in [0.3, 0.4) is 0 Å². The standard InChI is InChI=1S/C24H31N5O/c1-22(2,3)27-24-8-5-7-23(14-24,15-24)17-11-19(28(4)13-17)21(30)29-9-6-16-10-18(25)12-26-20(16)29/h6,9-13,27H,5,7-8,14-15,25H2,1-4H3. The van der Waals surface area contributed by atoms with Gasteiger partial charge in [-0.2, -0.15) is 0 Å². The predicted octanol–water partition coefficient (Wildman–Crippen LogP) is 3.99. The number of rotatable bonds is 3. The molecule has 0 saturated heterocycles. The lowest BCUT2D eigenvalue weighted by molar-refractivity contribution is -0.00882. The van der Waals surface area contributed by atoms with Gasteiger partial charge in [-0.1, -0.05) is 6.42 Å². The molecule has 158 valence electrons. The van der Waals surface area contributed by atoms with E-state index in [1.54, 1.807) is 17.0 Å². The minimum atomic E-state index is -0.0540. The SMILES string of the molecule is Cn1cc(C23CCCC(NC(C)(C)C)(C2)C3)cc1C(=O)n1ccc2cc(N)cnc21. The molecular weight excluding hydrogens is 374 g/mol. The second-order valence-electron chi connectivity index (χ2n) is 10.5. The molecule has 0 unspecified atom stereocenters. The van der Waals surface area contributed by atoms with E-state index in [1.165, 1.54) is 24.8 Å². The van der Waals surface area contributed by atoms with E-state index in [1.807, 2.05) is 23.7 Å². The first-order valence-electron chi connectivity index (χ1n) is 10.8. The number of nitrogen functional groups attached to an aromatic ring is 1. The summed E-state index contributed by atoms with van der Waals surface area (Å²) in [6.07, 6.45) is 11.5. The summed E-state index contributed by atoms with van der Waals surface area (Å²) in [5, 5.41) is 4.77. The van der Waals surface area contributed by atoms with E-state index in [0.29, 0.717) is 17.0 Å². The summed E-state index contributed by atoms with van der Waals surface area (Å²) < 4.78 is 3.60. The second-order valence-corrected chi connectivity index (χ2v) is 10.5. The number of carbonyl (C=O) groups is 1. The Hall–Kier alpha value is -2.60. The molecule has 3 aromatic heterocycles. The summed E-state index contributed by atoms with van der Waals surface area (Å²) in [7, 11) is 1.96. The van der Waals surface area contributed by atoms with Crippen molar-refractivity contribution in [1.82, 2.24) is 19.4 Å². The van der Waals surface area contributed by atoms with E-state index in [9.17, 15) is 4.79 Å². The van der Waals surface area contributed by atoms with E-state index < -0.39 is 0 Å². The number of nitrogens with two attached hydrogens (primary N) is 1. The Balaban J connectivity index is 1.45. The van der Waals surface area contributed by atoms with Gasteiger partial charge in [0.15, 0.2) is 0 Å². The lowest BCUT2D eigenvalue weighted by Crippen LogP contribution is -2.68. The molecule has 3 aromatic rings. The van der Waals surface area contributed by atoms with E-state index in [4.69, 9.17) is 5.73 Å². The van der Waals surface area contributed by atoms with E-state index in [-0.39, 0.29) is 22.4 Å². The van der Waals surface area contributed by atoms with Crippen molar-refractivity contribution in [2.45, 2.75) is 69.4 Å². The third-order valence-electron chi connectivity index (χ3n) is 6.91. The molecule has 3 aliphatic rings. The van der Waals surface area contributed by atoms with Crippen molar-refractivity contribution in [2.24, 2.45) is 7.05 Å². The highest BCUT2D eigenvalue weighted by Crippen LogP contribution is 2.59. The van der Waals surface area contributed by atoms with Crippen LogP contribution in [0.5, 0.6) is 0 Å². The van der Waals surface area contributed by atoms with Crippen LogP contribution in [0.2, 0.25) is 0 Å². The number of hydrogen-bond acceptors (Lipinski definition) is 4. The molecule has 6 nitrogen and oxygen atoms in total. The number of nitrogens with zero attached hydrogens (tertiary/aromatic N) is 3. The molecule has 3 saturated carbocycles. The van der Waals surface area contributed by atoms with Crippen LogP contribution in [0, 0.1) is 0 Å². The summed E-state index contributed by atoms with van der Waals surface area (Å²) in [5.74, 6) is -0.0540. The third-order valence-corrected chi connectivity index (χ3v) is 6.91. The van der Waals surface area contributed by atoms with Crippen LogP contribution in [0.1, 0.15) is 68.9 Å². The fraction of sp³-hybridized carbons (Fsp3) is 0.500. The van der Waals surface area contributed by atoms with Gasteiger partial charge in [-0.3, -0.25) is 9.36 Å². The van der Waals surface area contributed by atoms with Crippen LogP contribution in [-0.2, 0) is 12.5 Å². The molecule has 0 atom stereocenters. The van der Waals surface area contributed by atoms with Gasteiger partial charge >= 0.3 is 0 Å². The zero-order chi connectivity index (χ0) is 21.3. The number of anilines is 1. The highest BCUT2D eigenvalue weighted by molar-refractivity contribution is 6.00. The van der Waals surface area contributed by atoms with E-state index >= 15 is 0 Å². The van der Waals surface area contributed by atoms with Crippen LogP contribution < -0.4 is 11.1 Å². The average Bonchev–Trinajstić information content (AvgIpc) is 3.22. The highest BCUT2D eigenvalue weighted by Gasteiger charge is 2.58. The Morgan fingerprint density at radius 3 is 2.73 bits per heavy atom. The Labute approximate surface area is 177 Å². The molecule has 0 aliphatic heterocycles. The van der Waals surface area contributed by atoms with Crippen LogP contribution in [0.15, 0.2) is 36.8 Å². The quantitative estimate of drug-likeness (QED) is 0.691. The first-order chi connectivity index (χ1) is 14.1. The topological polar surface area (TPSA) is 77.9 Å².